The summed E-state index contributed by atoms with van der Waals surface area (Å²) >= 11 is 0. The zero-order valence-corrected chi connectivity index (χ0v) is 5.76. The van der Waals surface area contributed by atoms with E-state index in [4.69, 9.17) is 5.73 Å². The van der Waals surface area contributed by atoms with Gasteiger partial charge in [0.2, 0.25) is 5.69 Å². The molecular formula is C7H11N2+. The fourth-order valence-corrected chi connectivity index (χ4v) is 0.712. The number of nitrogens with zero attached hydrogens (tertiary/aromatic N) is 1. The Morgan fingerprint density at radius 1 is 1.56 bits per heavy atom. The van der Waals surface area contributed by atoms with Crippen LogP contribution < -0.4 is 10.3 Å². The normalized spacial score (nSPS) is 9.56. The van der Waals surface area contributed by atoms with Crippen LogP contribution in [0.4, 0.5) is 5.69 Å². The summed E-state index contributed by atoms with van der Waals surface area (Å²) in [4.78, 5) is 0. The Labute approximate surface area is 54.9 Å². The minimum atomic E-state index is 0.847. The predicted octanol–water partition coefficient (Wildman–Crippen LogP) is 0.402. The molecule has 0 saturated heterocycles. The van der Waals surface area contributed by atoms with Crippen LogP contribution >= 0.6 is 0 Å². The molecule has 0 saturated carbocycles. The van der Waals surface area contributed by atoms with Gasteiger partial charge in [-0.15, -0.1) is 0 Å². The van der Waals surface area contributed by atoms with Crippen molar-refractivity contribution in [3.05, 3.63) is 24.0 Å². The predicted molar refractivity (Wildman–Crippen MR) is 36.8 cm³/mol. The Hall–Kier alpha value is -1.05. The SMILES string of the molecule is Cc1c(N)ccc[n+]1C. The fraction of sp³-hybridized carbons (Fsp3) is 0.286. The number of anilines is 1. The minimum absolute atomic E-state index is 0.847. The summed E-state index contributed by atoms with van der Waals surface area (Å²) in [5.74, 6) is 0. The molecule has 0 aliphatic heterocycles. The van der Waals surface area contributed by atoms with Gasteiger partial charge < -0.3 is 5.73 Å². The van der Waals surface area contributed by atoms with Crippen molar-refractivity contribution >= 4 is 5.69 Å². The van der Waals surface area contributed by atoms with Gasteiger partial charge in [0.1, 0.15) is 7.05 Å². The van der Waals surface area contributed by atoms with Crippen molar-refractivity contribution in [2.45, 2.75) is 6.92 Å². The third-order valence-corrected chi connectivity index (χ3v) is 1.53. The van der Waals surface area contributed by atoms with Crippen LogP contribution in [0.5, 0.6) is 0 Å². The maximum atomic E-state index is 5.60. The summed E-state index contributed by atoms with van der Waals surface area (Å²) in [5, 5.41) is 0. The van der Waals surface area contributed by atoms with Crippen molar-refractivity contribution in [3.8, 4) is 0 Å². The van der Waals surface area contributed by atoms with Gasteiger partial charge in [0, 0.05) is 13.0 Å². The molecule has 0 fully saturated rings. The fourth-order valence-electron chi connectivity index (χ4n) is 0.712. The molecule has 9 heavy (non-hydrogen) atoms. The highest BCUT2D eigenvalue weighted by Crippen LogP contribution is 2.00. The highest BCUT2D eigenvalue weighted by molar-refractivity contribution is 5.37. The van der Waals surface area contributed by atoms with Crippen LogP contribution in [0, 0.1) is 6.92 Å². The Morgan fingerprint density at radius 3 is 2.67 bits per heavy atom. The van der Waals surface area contributed by atoms with Gasteiger partial charge in [-0.05, 0) is 6.07 Å². The molecule has 0 aliphatic rings. The lowest BCUT2D eigenvalue weighted by atomic mass is 10.3. The smallest absolute Gasteiger partial charge is 0.201 e. The van der Waals surface area contributed by atoms with Crippen LogP contribution in [-0.2, 0) is 7.05 Å². The molecule has 0 atom stereocenters. The van der Waals surface area contributed by atoms with Crippen LogP contribution in [0.25, 0.3) is 0 Å². The second-order valence-electron chi connectivity index (χ2n) is 2.16. The van der Waals surface area contributed by atoms with E-state index in [1.165, 1.54) is 0 Å². The van der Waals surface area contributed by atoms with E-state index in [1.807, 2.05) is 36.9 Å². The topological polar surface area (TPSA) is 29.9 Å². The Balaban J connectivity index is 3.25. The number of hydrogen-bond acceptors (Lipinski definition) is 1. The number of aromatic nitrogens is 1. The number of pyridine rings is 1. The van der Waals surface area contributed by atoms with Gasteiger partial charge in [-0.2, -0.15) is 0 Å². The summed E-state index contributed by atoms with van der Waals surface area (Å²) in [6.07, 6.45) is 1.98. The maximum Gasteiger partial charge on any atom is 0.201 e. The maximum absolute atomic E-state index is 5.60. The number of nitrogens with two attached hydrogens (primary N) is 1. The summed E-state index contributed by atoms with van der Waals surface area (Å²) in [6.45, 7) is 2.00. The Bertz CT molecular complexity index is 198. The lowest BCUT2D eigenvalue weighted by molar-refractivity contribution is -0.677. The lowest BCUT2D eigenvalue weighted by Gasteiger charge is -1.94. The molecule has 2 heteroatoms. The molecule has 2 N–H and O–H groups in total. The second-order valence-corrected chi connectivity index (χ2v) is 2.16. The third-order valence-electron chi connectivity index (χ3n) is 1.53. The zero-order valence-electron chi connectivity index (χ0n) is 5.76. The number of rotatable bonds is 0. The summed E-state index contributed by atoms with van der Waals surface area (Å²) in [5.41, 5.74) is 7.56. The molecule has 0 aromatic carbocycles. The molecule has 0 unspecified atom stereocenters. The largest absolute Gasteiger partial charge is 0.394 e. The molecule has 48 valence electrons. The average molecular weight is 123 g/mol. The van der Waals surface area contributed by atoms with E-state index in [0.717, 1.165) is 11.4 Å². The highest BCUT2D eigenvalue weighted by atomic mass is 14.9. The van der Waals surface area contributed by atoms with Crippen LogP contribution in [0.2, 0.25) is 0 Å². The molecule has 0 aliphatic carbocycles. The van der Waals surface area contributed by atoms with Gasteiger partial charge in [0.15, 0.2) is 6.20 Å². The first-order chi connectivity index (χ1) is 4.22. The Kier molecular flexibility index (Phi) is 1.39. The van der Waals surface area contributed by atoms with Crippen LogP contribution in [0.1, 0.15) is 5.69 Å². The zero-order chi connectivity index (χ0) is 6.85. The first-order valence-electron chi connectivity index (χ1n) is 2.92. The lowest BCUT2D eigenvalue weighted by Crippen LogP contribution is -2.31. The molecule has 0 amide bonds. The van der Waals surface area contributed by atoms with Crippen molar-refractivity contribution in [1.29, 1.82) is 0 Å². The molecule has 0 radical (unpaired) electrons. The number of hydrogen-bond donors (Lipinski definition) is 1. The minimum Gasteiger partial charge on any atom is -0.394 e. The summed E-state index contributed by atoms with van der Waals surface area (Å²) in [6, 6.07) is 3.83. The molecule has 1 aromatic rings. The average Bonchev–Trinajstić information content (AvgIpc) is 1.83. The highest BCUT2D eigenvalue weighted by Gasteiger charge is 2.00. The molecule has 0 bridgehead atoms. The van der Waals surface area contributed by atoms with Crippen molar-refractivity contribution in [1.82, 2.24) is 0 Å². The molecular weight excluding hydrogens is 112 g/mol. The van der Waals surface area contributed by atoms with E-state index >= 15 is 0 Å². The van der Waals surface area contributed by atoms with Crippen molar-refractivity contribution in [2.75, 3.05) is 5.73 Å². The van der Waals surface area contributed by atoms with Crippen molar-refractivity contribution in [2.24, 2.45) is 7.05 Å². The summed E-state index contributed by atoms with van der Waals surface area (Å²) in [7, 11) is 1.98. The second kappa shape index (κ2) is 2.05. The molecule has 0 spiro atoms. The van der Waals surface area contributed by atoms with E-state index < -0.39 is 0 Å². The van der Waals surface area contributed by atoms with Crippen molar-refractivity contribution < 1.29 is 4.57 Å². The van der Waals surface area contributed by atoms with E-state index in [2.05, 4.69) is 0 Å². The van der Waals surface area contributed by atoms with E-state index in [1.54, 1.807) is 0 Å². The number of nitrogen functional groups attached to an aromatic ring is 1. The quantitative estimate of drug-likeness (QED) is 0.497. The van der Waals surface area contributed by atoms with E-state index in [-0.39, 0.29) is 0 Å². The van der Waals surface area contributed by atoms with E-state index in [9.17, 15) is 0 Å². The van der Waals surface area contributed by atoms with Gasteiger partial charge in [-0.25, -0.2) is 4.57 Å². The van der Waals surface area contributed by atoms with Crippen LogP contribution in [0.3, 0.4) is 0 Å². The van der Waals surface area contributed by atoms with Crippen LogP contribution in [-0.4, -0.2) is 0 Å². The van der Waals surface area contributed by atoms with Crippen molar-refractivity contribution in [3.63, 3.8) is 0 Å². The van der Waals surface area contributed by atoms with Gasteiger partial charge in [0.25, 0.3) is 0 Å². The van der Waals surface area contributed by atoms with Gasteiger partial charge in [-0.1, -0.05) is 0 Å². The molecule has 1 aromatic heterocycles. The standard InChI is InChI=1S/C7H11N2/c1-6-7(8)4-3-5-9(6)2/h3-5H,8H2,1-2H3/q+1. The number of aryl methyl sites for hydroxylation is 1. The van der Waals surface area contributed by atoms with Gasteiger partial charge in [-0.3, -0.25) is 0 Å². The molecule has 1 rings (SSSR count). The van der Waals surface area contributed by atoms with E-state index in [0.29, 0.717) is 0 Å². The molecule has 1 heterocycles. The Morgan fingerprint density at radius 2 is 2.22 bits per heavy atom. The first kappa shape index (κ1) is 6.08. The van der Waals surface area contributed by atoms with Gasteiger partial charge in [0.05, 0.1) is 5.69 Å². The van der Waals surface area contributed by atoms with Crippen LogP contribution in [0.15, 0.2) is 18.3 Å². The van der Waals surface area contributed by atoms with Gasteiger partial charge >= 0.3 is 0 Å². The molecule has 2 nitrogen and oxygen atoms in total. The third kappa shape index (κ3) is 1.02. The monoisotopic (exact) mass is 123 g/mol. The summed E-state index contributed by atoms with van der Waals surface area (Å²) < 4.78 is 2.00. The first-order valence-corrected chi connectivity index (χ1v) is 2.92.